The summed E-state index contributed by atoms with van der Waals surface area (Å²) in [5, 5.41) is 4.78. The molecule has 3 aromatic carbocycles. The van der Waals surface area contributed by atoms with Crippen molar-refractivity contribution in [2.45, 2.75) is 19.6 Å². The summed E-state index contributed by atoms with van der Waals surface area (Å²) in [6, 6.07) is 30.3. The van der Waals surface area contributed by atoms with Crippen molar-refractivity contribution in [1.82, 2.24) is 9.47 Å². The normalized spacial score (nSPS) is 10.6. The van der Waals surface area contributed by atoms with Gasteiger partial charge in [0.1, 0.15) is 5.75 Å². The number of benzene rings is 3. The van der Waals surface area contributed by atoms with Gasteiger partial charge < -0.3 is 19.5 Å². The first kappa shape index (κ1) is 22.9. The highest BCUT2D eigenvalue weighted by molar-refractivity contribution is 7.80. The van der Waals surface area contributed by atoms with Crippen molar-refractivity contribution in [3.8, 4) is 5.75 Å². The molecule has 1 heterocycles. The second-order valence-corrected chi connectivity index (χ2v) is 8.58. The molecule has 4 rings (SSSR count). The number of methoxy groups -OCH3 is 1. The van der Waals surface area contributed by atoms with E-state index < -0.39 is 0 Å². The fraction of sp³-hybridized carbons (Fsp3) is 0.148. The number of nitrogens with zero attached hydrogens (tertiary/aromatic N) is 2. The number of nitrogens with one attached hydrogen (secondary N) is 1. The number of rotatable bonds is 8. The van der Waals surface area contributed by atoms with Crippen LogP contribution in [0.5, 0.6) is 5.75 Å². The average molecular weight is 476 g/mol. The smallest absolute Gasteiger partial charge is 0.174 e. The minimum Gasteiger partial charge on any atom is -0.497 e. The van der Waals surface area contributed by atoms with Gasteiger partial charge in [0.25, 0.3) is 0 Å². The zero-order valence-electron chi connectivity index (χ0n) is 18.4. The van der Waals surface area contributed by atoms with E-state index in [9.17, 15) is 0 Å². The summed E-state index contributed by atoms with van der Waals surface area (Å²) in [4.78, 5) is 2.18. The van der Waals surface area contributed by atoms with Crippen LogP contribution in [0.4, 0.5) is 5.69 Å². The summed E-state index contributed by atoms with van der Waals surface area (Å²) >= 11 is 11.9. The molecule has 0 aliphatic carbocycles. The fourth-order valence-corrected chi connectivity index (χ4v) is 4.01. The van der Waals surface area contributed by atoms with E-state index in [1.54, 1.807) is 7.11 Å². The summed E-state index contributed by atoms with van der Waals surface area (Å²) in [5.41, 5.74) is 4.47. The Morgan fingerprint density at radius 3 is 2.45 bits per heavy atom. The zero-order chi connectivity index (χ0) is 23.0. The van der Waals surface area contributed by atoms with E-state index in [-0.39, 0.29) is 0 Å². The van der Waals surface area contributed by atoms with Gasteiger partial charge >= 0.3 is 0 Å². The fourth-order valence-electron chi connectivity index (χ4n) is 3.64. The molecule has 0 radical (unpaired) electrons. The van der Waals surface area contributed by atoms with E-state index in [0.29, 0.717) is 18.2 Å². The first-order chi connectivity index (χ1) is 16.1. The number of thiocarbonyl (C=S) groups is 1. The van der Waals surface area contributed by atoms with Crippen LogP contribution in [0.1, 0.15) is 16.8 Å². The third-order valence-electron chi connectivity index (χ3n) is 5.37. The molecule has 4 aromatic rings. The second-order valence-electron chi connectivity index (χ2n) is 7.76. The molecule has 0 fully saturated rings. The Kier molecular flexibility index (Phi) is 7.66. The number of hydrogen-bond donors (Lipinski definition) is 1. The molecule has 0 spiro atoms. The molecule has 0 unspecified atom stereocenters. The van der Waals surface area contributed by atoms with E-state index in [4.69, 9.17) is 28.6 Å². The lowest BCUT2D eigenvalue weighted by Crippen LogP contribution is -2.34. The lowest BCUT2D eigenvalue weighted by Gasteiger charge is -2.27. The molecule has 4 nitrogen and oxygen atoms in total. The van der Waals surface area contributed by atoms with Gasteiger partial charge in [0, 0.05) is 41.8 Å². The van der Waals surface area contributed by atoms with Crippen molar-refractivity contribution in [2.75, 3.05) is 12.4 Å². The van der Waals surface area contributed by atoms with E-state index in [0.717, 1.165) is 23.0 Å². The van der Waals surface area contributed by atoms with Gasteiger partial charge in [-0.1, -0.05) is 60.1 Å². The van der Waals surface area contributed by atoms with Crippen molar-refractivity contribution in [3.63, 3.8) is 0 Å². The van der Waals surface area contributed by atoms with Gasteiger partial charge in [-0.2, -0.15) is 0 Å². The monoisotopic (exact) mass is 475 g/mol. The topological polar surface area (TPSA) is 29.4 Å². The van der Waals surface area contributed by atoms with Gasteiger partial charge in [-0.25, -0.2) is 0 Å². The lowest BCUT2D eigenvalue weighted by atomic mass is 10.2. The Bertz CT molecular complexity index is 1190. The van der Waals surface area contributed by atoms with Crippen LogP contribution in [-0.4, -0.2) is 21.7 Å². The molecule has 33 heavy (non-hydrogen) atoms. The van der Waals surface area contributed by atoms with Crippen LogP contribution in [0.2, 0.25) is 5.02 Å². The SMILES string of the molecule is COc1cccc(NC(=S)N(Cc2ccccc2)Cc2cccn2Cc2ccc(Cl)cc2)c1. The molecule has 1 aromatic heterocycles. The van der Waals surface area contributed by atoms with Crippen LogP contribution in [0, 0.1) is 0 Å². The van der Waals surface area contributed by atoms with Crippen LogP contribution in [-0.2, 0) is 19.6 Å². The largest absolute Gasteiger partial charge is 0.497 e. The average Bonchev–Trinajstić information content (AvgIpc) is 3.27. The van der Waals surface area contributed by atoms with Crippen LogP contribution in [0.3, 0.4) is 0 Å². The summed E-state index contributed by atoms with van der Waals surface area (Å²) in [6.07, 6.45) is 2.10. The highest BCUT2D eigenvalue weighted by atomic mass is 35.5. The molecular formula is C27H26ClN3OS. The molecular weight excluding hydrogens is 450 g/mol. The number of aromatic nitrogens is 1. The predicted octanol–water partition coefficient (Wildman–Crippen LogP) is 6.60. The third kappa shape index (κ3) is 6.37. The Labute approximate surface area is 205 Å². The predicted molar refractivity (Wildman–Crippen MR) is 140 cm³/mol. The highest BCUT2D eigenvalue weighted by Crippen LogP contribution is 2.19. The van der Waals surface area contributed by atoms with Gasteiger partial charge in [-0.15, -0.1) is 0 Å². The number of halogens is 1. The summed E-state index contributed by atoms with van der Waals surface area (Å²) in [7, 11) is 1.66. The number of anilines is 1. The van der Waals surface area contributed by atoms with E-state index in [2.05, 4.69) is 69.5 Å². The Hall–Kier alpha value is -3.28. The standard InChI is InChI=1S/C27H26ClN3OS/c1-32-26-11-5-9-24(17-26)29-27(33)31(19-21-7-3-2-4-8-21)20-25-10-6-16-30(25)18-22-12-14-23(28)15-13-22/h2-17H,18-20H2,1H3,(H,29,33). The van der Waals surface area contributed by atoms with Crippen LogP contribution >= 0.6 is 23.8 Å². The molecule has 0 atom stereocenters. The summed E-state index contributed by atoms with van der Waals surface area (Å²) < 4.78 is 7.59. The summed E-state index contributed by atoms with van der Waals surface area (Å²) in [5.74, 6) is 0.786. The van der Waals surface area contributed by atoms with Crippen LogP contribution < -0.4 is 10.1 Å². The molecule has 1 N–H and O–H groups in total. The number of hydrogen-bond acceptors (Lipinski definition) is 2. The van der Waals surface area contributed by atoms with Gasteiger partial charge in [0.15, 0.2) is 5.11 Å². The Balaban J connectivity index is 1.54. The van der Waals surface area contributed by atoms with Crippen molar-refractivity contribution in [1.29, 1.82) is 0 Å². The third-order valence-corrected chi connectivity index (χ3v) is 5.98. The molecule has 6 heteroatoms. The van der Waals surface area contributed by atoms with Crippen molar-refractivity contribution in [3.05, 3.63) is 119 Å². The zero-order valence-corrected chi connectivity index (χ0v) is 20.0. The first-order valence-electron chi connectivity index (χ1n) is 10.7. The molecule has 168 valence electrons. The lowest BCUT2D eigenvalue weighted by molar-refractivity contribution is 0.399. The quantitative estimate of drug-likeness (QED) is 0.291. The maximum atomic E-state index is 6.05. The molecule has 0 aliphatic rings. The molecule has 0 bridgehead atoms. The van der Waals surface area contributed by atoms with Crippen molar-refractivity contribution >= 4 is 34.6 Å². The summed E-state index contributed by atoms with van der Waals surface area (Å²) in [6.45, 7) is 2.14. The maximum Gasteiger partial charge on any atom is 0.174 e. The Morgan fingerprint density at radius 1 is 0.909 bits per heavy atom. The minimum absolute atomic E-state index is 0.659. The van der Waals surface area contributed by atoms with Gasteiger partial charge in [0.05, 0.1) is 13.7 Å². The van der Waals surface area contributed by atoms with Crippen molar-refractivity contribution < 1.29 is 4.74 Å². The molecule has 0 saturated carbocycles. The van der Waals surface area contributed by atoms with Crippen LogP contribution in [0.15, 0.2) is 97.2 Å². The van der Waals surface area contributed by atoms with Crippen molar-refractivity contribution in [2.24, 2.45) is 0 Å². The van der Waals surface area contributed by atoms with Gasteiger partial charge in [0.2, 0.25) is 0 Å². The second kappa shape index (κ2) is 11.0. The molecule has 0 aliphatic heterocycles. The van der Waals surface area contributed by atoms with Crippen LogP contribution in [0.25, 0.3) is 0 Å². The van der Waals surface area contributed by atoms with E-state index >= 15 is 0 Å². The maximum absolute atomic E-state index is 6.05. The first-order valence-corrected chi connectivity index (χ1v) is 11.5. The molecule has 0 saturated heterocycles. The highest BCUT2D eigenvalue weighted by Gasteiger charge is 2.14. The van der Waals surface area contributed by atoms with Gasteiger partial charge in [-0.3, -0.25) is 0 Å². The van der Waals surface area contributed by atoms with E-state index in [1.807, 2.05) is 42.5 Å². The van der Waals surface area contributed by atoms with Gasteiger partial charge in [-0.05, 0) is 59.7 Å². The number of ether oxygens (including phenoxy) is 1. The van der Waals surface area contributed by atoms with E-state index in [1.165, 1.54) is 16.8 Å². The minimum atomic E-state index is 0.659. The Morgan fingerprint density at radius 2 is 1.70 bits per heavy atom. The molecule has 0 amide bonds.